The number of nitrogens with one attached hydrogen (secondary N) is 3. The molecule has 0 aliphatic rings. The molecule has 5 amide bonds. The summed E-state index contributed by atoms with van der Waals surface area (Å²) >= 11 is 0. The Bertz CT molecular complexity index is 1000. The predicted octanol–water partition coefficient (Wildman–Crippen LogP) is 1.36. The molecule has 0 unspecified atom stereocenters. The quantitative estimate of drug-likeness (QED) is 0.151. The third-order valence-electron chi connectivity index (χ3n) is 6.13. The first-order chi connectivity index (χ1) is 20.2. The summed E-state index contributed by atoms with van der Waals surface area (Å²) in [5.74, 6) is -2.63. The van der Waals surface area contributed by atoms with Crippen LogP contribution in [0.15, 0.2) is 30.3 Å². The lowest BCUT2D eigenvalue weighted by Gasteiger charge is -2.24. The molecule has 0 saturated heterocycles. The van der Waals surface area contributed by atoms with Gasteiger partial charge >= 0.3 is 12.1 Å². The van der Waals surface area contributed by atoms with Gasteiger partial charge in [0.15, 0.2) is 0 Å². The number of ether oxygens (including phenoxy) is 2. The van der Waals surface area contributed by atoms with E-state index in [-0.39, 0.29) is 39.3 Å². The smallest absolute Gasteiger partial charge is 0.407 e. The summed E-state index contributed by atoms with van der Waals surface area (Å²) in [6.45, 7) is 3.08. The van der Waals surface area contributed by atoms with Crippen LogP contribution in [0.1, 0.15) is 57.9 Å². The molecule has 13 heteroatoms. The van der Waals surface area contributed by atoms with Gasteiger partial charge in [0.25, 0.3) is 0 Å². The van der Waals surface area contributed by atoms with Crippen molar-refractivity contribution >= 4 is 35.7 Å². The maximum Gasteiger partial charge on any atom is 0.407 e. The second-order valence-corrected chi connectivity index (χ2v) is 9.59. The van der Waals surface area contributed by atoms with Crippen molar-refractivity contribution in [1.82, 2.24) is 25.8 Å². The molecule has 0 fully saturated rings. The second-order valence-electron chi connectivity index (χ2n) is 9.59. The van der Waals surface area contributed by atoms with Crippen molar-refractivity contribution in [2.24, 2.45) is 0 Å². The van der Waals surface area contributed by atoms with Gasteiger partial charge in [0, 0.05) is 13.1 Å². The number of methoxy groups -OCH3 is 1. The summed E-state index contributed by atoms with van der Waals surface area (Å²) in [5, 5.41) is 7.33. The van der Waals surface area contributed by atoms with Gasteiger partial charge in [-0.2, -0.15) is 0 Å². The van der Waals surface area contributed by atoms with Crippen molar-refractivity contribution in [3.63, 3.8) is 0 Å². The van der Waals surface area contributed by atoms with Crippen molar-refractivity contribution in [3.05, 3.63) is 35.9 Å². The summed E-state index contributed by atoms with van der Waals surface area (Å²) in [6.07, 6.45) is 4.10. The third kappa shape index (κ3) is 16.2. The van der Waals surface area contributed by atoms with Crippen molar-refractivity contribution in [2.45, 2.75) is 59.0 Å². The Morgan fingerprint density at radius 2 is 1.19 bits per heavy atom. The maximum absolute atomic E-state index is 12.8. The van der Waals surface area contributed by atoms with Gasteiger partial charge < -0.3 is 35.2 Å². The monoisotopic (exact) mass is 591 g/mol. The van der Waals surface area contributed by atoms with Gasteiger partial charge in [-0.15, -0.1) is 0 Å². The molecule has 0 spiro atoms. The zero-order chi connectivity index (χ0) is 31.2. The van der Waals surface area contributed by atoms with E-state index in [0.717, 1.165) is 31.2 Å². The van der Waals surface area contributed by atoms with E-state index in [1.165, 1.54) is 16.9 Å². The van der Waals surface area contributed by atoms with Gasteiger partial charge in [-0.1, -0.05) is 69.9 Å². The molecule has 3 N–H and O–H groups in total. The SMILES string of the molecule is CCCCCN(CC(=O)NCC(=O)OC)C(=O)CNC(=O)CN(CCCCC)C(=O)CNC(=O)OCc1ccccc1. The van der Waals surface area contributed by atoms with Crippen LogP contribution in [-0.2, 0) is 40.1 Å². The van der Waals surface area contributed by atoms with Gasteiger partial charge in [-0.25, -0.2) is 4.79 Å². The average molecular weight is 592 g/mol. The molecule has 0 bridgehead atoms. The molecule has 13 nitrogen and oxygen atoms in total. The fourth-order valence-electron chi connectivity index (χ4n) is 3.71. The largest absolute Gasteiger partial charge is 0.468 e. The molecule has 42 heavy (non-hydrogen) atoms. The molecule has 0 aliphatic carbocycles. The van der Waals surface area contributed by atoms with Crippen LogP contribution in [0.25, 0.3) is 0 Å². The van der Waals surface area contributed by atoms with Crippen molar-refractivity contribution in [1.29, 1.82) is 0 Å². The van der Waals surface area contributed by atoms with E-state index < -0.39 is 35.7 Å². The first-order valence-corrected chi connectivity index (χ1v) is 14.3. The number of carbonyl (C=O) groups is 6. The molecule has 0 saturated carbocycles. The number of hydrogen-bond donors (Lipinski definition) is 3. The average Bonchev–Trinajstić information content (AvgIpc) is 2.99. The highest BCUT2D eigenvalue weighted by Gasteiger charge is 2.21. The maximum atomic E-state index is 12.8. The lowest BCUT2D eigenvalue weighted by atomic mass is 10.2. The first kappa shape index (κ1) is 35.9. The second kappa shape index (κ2) is 21.6. The molecular weight excluding hydrogens is 546 g/mol. The number of rotatable bonds is 20. The number of alkyl carbamates (subject to hydrolysis) is 1. The predicted molar refractivity (Wildman–Crippen MR) is 155 cm³/mol. The number of hydrogen-bond acceptors (Lipinski definition) is 8. The van der Waals surface area contributed by atoms with Crippen LogP contribution < -0.4 is 16.0 Å². The molecule has 0 radical (unpaired) electrons. The number of esters is 1. The highest BCUT2D eigenvalue weighted by molar-refractivity contribution is 5.91. The van der Waals surface area contributed by atoms with E-state index in [1.807, 2.05) is 44.2 Å². The zero-order valence-corrected chi connectivity index (χ0v) is 24.9. The molecule has 1 rings (SSSR count). The molecule has 1 aromatic rings. The Morgan fingerprint density at radius 3 is 1.69 bits per heavy atom. The summed E-state index contributed by atoms with van der Waals surface area (Å²) < 4.78 is 9.62. The van der Waals surface area contributed by atoms with E-state index in [1.54, 1.807) is 0 Å². The topological polar surface area (TPSA) is 163 Å². The molecular formula is C29H45N5O8. The fourth-order valence-corrected chi connectivity index (χ4v) is 3.71. The highest BCUT2D eigenvalue weighted by Crippen LogP contribution is 2.03. The Balaban J connectivity index is 2.64. The van der Waals surface area contributed by atoms with Crippen LogP contribution in [0.2, 0.25) is 0 Å². The van der Waals surface area contributed by atoms with Crippen LogP contribution >= 0.6 is 0 Å². The van der Waals surface area contributed by atoms with E-state index in [2.05, 4.69) is 20.7 Å². The summed E-state index contributed by atoms with van der Waals surface area (Å²) in [6, 6.07) is 9.10. The summed E-state index contributed by atoms with van der Waals surface area (Å²) in [4.78, 5) is 76.6. The van der Waals surface area contributed by atoms with Crippen LogP contribution in [0, 0.1) is 0 Å². The van der Waals surface area contributed by atoms with Crippen molar-refractivity contribution in [2.75, 3.05) is 52.9 Å². The van der Waals surface area contributed by atoms with Crippen LogP contribution in [0.4, 0.5) is 4.79 Å². The Labute approximate surface area is 247 Å². The molecule has 1 aromatic carbocycles. The number of carbonyl (C=O) groups excluding carboxylic acids is 6. The van der Waals surface area contributed by atoms with Crippen molar-refractivity contribution < 1.29 is 38.2 Å². The van der Waals surface area contributed by atoms with E-state index >= 15 is 0 Å². The van der Waals surface area contributed by atoms with E-state index in [4.69, 9.17) is 4.74 Å². The Hall–Kier alpha value is -4.16. The number of nitrogens with zero attached hydrogens (tertiary/aromatic N) is 2. The molecule has 0 heterocycles. The van der Waals surface area contributed by atoms with E-state index in [0.29, 0.717) is 25.9 Å². The fraction of sp³-hybridized carbons (Fsp3) is 0.586. The number of unbranched alkanes of at least 4 members (excludes halogenated alkanes) is 4. The lowest BCUT2D eigenvalue weighted by Crippen LogP contribution is -2.49. The lowest BCUT2D eigenvalue weighted by molar-refractivity contribution is -0.141. The summed E-state index contributed by atoms with van der Waals surface area (Å²) in [5.41, 5.74) is 0.803. The third-order valence-corrected chi connectivity index (χ3v) is 6.13. The first-order valence-electron chi connectivity index (χ1n) is 14.3. The molecule has 234 valence electrons. The Morgan fingerprint density at radius 1 is 0.690 bits per heavy atom. The molecule has 0 atom stereocenters. The molecule has 0 aromatic heterocycles. The van der Waals surface area contributed by atoms with Crippen LogP contribution in [0.3, 0.4) is 0 Å². The van der Waals surface area contributed by atoms with Gasteiger partial charge in [0.1, 0.15) is 19.7 Å². The Kier molecular flexibility index (Phi) is 18.4. The van der Waals surface area contributed by atoms with Crippen LogP contribution in [-0.4, -0.2) is 98.4 Å². The van der Waals surface area contributed by atoms with Gasteiger partial charge in [0.2, 0.25) is 23.6 Å². The summed E-state index contributed by atoms with van der Waals surface area (Å²) in [7, 11) is 1.20. The minimum Gasteiger partial charge on any atom is -0.468 e. The van der Waals surface area contributed by atoms with Crippen LogP contribution in [0.5, 0.6) is 0 Å². The zero-order valence-electron chi connectivity index (χ0n) is 24.9. The highest BCUT2D eigenvalue weighted by atomic mass is 16.5. The normalized spacial score (nSPS) is 10.3. The minimum atomic E-state index is -0.755. The molecule has 0 aliphatic heterocycles. The van der Waals surface area contributed by atoms with Crippen molar-refractivity contribution in [3.8, 4) is 0 Å². The minimum absolute atomic E-state index is 0.0555. The van der Waals surface area contributed by atoms with Gasteiger partial charge in [-0.3, -0.25) is 24.0 Å². The van der Waals surface area contributed by atoms with E-state index in [9.17, 15) is 28.8 Å². The number of amides is 5. The van der Waals surface area contributed by atoms with Gasteiger partial charge in [0.05, 0.1) is 26.7 Å². The van der Waals surface area contributed by atoms with Gasteiger partial charge in [-0.05, 0) is 18.4 Å². The number of benzene rings is 1. The standard InChI is InChI=1S/C29H45N5O8/c1-4-6-11-15-33(21-25(36)31-19-28(39)41-3)26(37)17-30-24(35)20-34(16-12-7-5-2)27(38)18-32-29(40)42-22-23-13-9-8-10-14-23/h8-10,13-14H,4-7,11-12,15-22H2,1-3H3,(H,30,35)(H,31,36)(H,32,40).